The summed E-state index contributed by atoms with van der Waals surface area (Å²) < 4.78 is 21.5. The molecule has 1 fully saturated rings. The van der Waals surface area contributed by atoms with Gasteiger partial charge >= 0.3 is 0 Å². The van der Waals surface area contributed by atoms with Gasteiger partial charge in [-0.25, -0.2) is 0 Å². The molecule has 0 saturated carbocycles. The van der Waals surface area contributed by atoms with E-state index in [2.05, 4.69) is 0 Å². The van der Waals surface area contributed by atoms with Gasteiger partial charge in [-0.15, -0.1) is 11.6 Å². The van der Waals surface area contributed by atoms with E-state index in [0.29, 0.717) is 39.5 Å². The van der Waals surface area contributed by atoms with Crippen molar-refractivity contribution in [2.24, 2.45) is 0 Å². The van der Waals surface area contributed by atoms with Gasteiger partial charge in [0.2, 0.25) is 5.91 Å². The number of amides is 1. The summed E-state index contributed by atoms with van der Waals surface area (Å²) in [7, 11) is 0. The summed E-state index contributed by atoms with van der Waals surface area (Å²) >= 11 is 5.62. The molecule has 1 aliphatic rings. The molecule has 1 heterocycles. The Hall–Kier alpha value is -0.400. The summed E-state index contributed by atoms with van der Waals surface area (Å²) in [4.78, 5) is 13.4. The van der Waals surface area contributed by atoms with Gasteiger partial charge in [0.25, 0.3) is 0 Å². The minimum absolute atomic E-state index is 0.0856. The molecule has 0 N–H and O–H groups in total. The predicted molar refractivity (Wildman–Crippen MR) is 70.0 cm³/mol. The fourth-order valence-electron chi connectivity index (χ4n) is 1.76. The van der Waals surface area contributed by atoms with Crippen LogP contribution in [0, 0.1) is 0 Å². The molecule has 0 bridgehead atoms. The van der Waals surface area contributed by atoms with E-state index in [1.165, 1.54) is 0 Å². The smallest absolute Gasteiger partial charge is 0.237 e. The van der Waals surface area contributed by atoms with Crippen molar-refractivity contribution < 1.29 is 23.7 Å². The number of alkyl halides is 1. The van der Waals surface area contributed by atoms with E-state index in [9.17, 15) is 4.79 Å². The predicted octanol–water partition coefficient (Wildman–Crippen LogP) is 0.826. The second kappa shape index (κ2) is 9.50. The van der Waals surface area contributed by atoms with Crippen LogP contribution in [0.4, 0.5) is 0 Å². The zero-order chi connectivity index (χ0) is 14.1. The lowest BCUT2D eigenvalue weighted by molar-refractivity contribution is -0.164. The summed E-state index contributed by atoms with van der Waals surface area (Å²) in [6.45, 7) is 6.54. The fraction of sp³-hybridized carbons (Fsp3) is 0.917. The van der Waals surface area contributed by atoms with E-state index < -0.39 is 12.6 Å². The van der Waals surface area contributed by atoms with E-state index in [-0.39, 0.29) is 11.8 Å². The highest BCUT2D eigenvalue weighted by Gasteiger charge is 2.25. The molecule has 6 nitrogen and oxygen atoms in total. The molecule has 0 spiro atoms. The van der Waals surface area contributed by atoms with Gasteiger partial charge in [0, 0.05) is 13.2 Å². The van der Waals surface area contributed by atoms with Crippen molar-refractivity contribution in [3.63, 3.8) is 0 Å². The Bertz CT molecular complexity index is 255. The van der Waals surface area contributed by atoms with Crippen molar-refractivity contribution in [3.8, 4) is 0 Å². The first kappa shape index (κ1) is 16.7. The van der Waals surface area contributed by atoms with Gasteiger partial charge in [-0.1, -0.05) is 0 Å². The number of ether oxygens (including phenoxy) is 4. The molecule has 0 unspecified atom stereocenters. The Morgan fingerprint density at radius 1 is 1.32 bits per heavy atom. The third-order valence-electron chi connectivity index (χ3n) is 2.60. The third kappa shape index (κ3) is 6.05. The SMILES string of the molecule is CCOC(CN(CC1OCCO1)C(=O)CCl)OCC. The van der Waals surface area contributed by atoms with E-state index in [0.717, 1.165) is 0 Å². The Morgan fingerprint density at radius 3 is 2.37 bits per heavy atom. The highest BCUT2D eigenvalue weighted by Crippen LogP contribution is 2.09. The number of rotatable bonds is 9. The van der Waals surface area contributed by atoms with Crippen LogP contribution in [-0.4, -0.2) is 68.8 Å². The monoisotopic (exact) mass is 295 g/mol. The van der Waals surface area contributed by atoms with Gasteiger partial charge in [0.05, 0.1) is 26.3 Å². The highest BCUT2D eigenvalue weighted by molar-refractivity contribution is 6.27. The van der Waals surface area contributed by atoms with Crippen molar-refractivity contribution >= 4 is 17.5 Å². The van der Waals surface area contributed by atoms with Crippen LogP contribution in [0.25, 0.3) is 0 Å². The van der Waals surface area contributed by atoms with Crippen LogP contribution in [0.3, 0.4) is 0 Å². The fourth-order valence-corrected chi connectivity index (χ4v) is 1.93. The van der Waals surface area contributed by atoms with Crippen LogP contribution >= 0.6 is 11.6 Å². The van der Waals surface area contributed by atoms with E-state index in [1.54, 1.807) is 4.90 Å². The molecule has 1 amide bonds. The van der Waals surface area contributed by atoms with Crippen molar-refractivity contribution in [2.75, 3.05) is 45.4 Å². The van der Waals surface area contributed by atoms with Gasteiger partial charge in [0.15, 0.2) is 12.6 Å². The zero-order valence-corrected chi connectivity index (χ0v) is 12.2. The molecular weight excluding hydrogens is 274 g/mol. The molecule has 7 heteroatoms. The first-order valence-electron chi connectivity index (χ1n) is 6.51. The number of carbonyl (C=O) groups is 1. The summed E-state index contributed by atoms with van der Waals surface area (Å²) in [5.74, 6) is -0.275. The number of hydrogen-bond acceptors (Lipinski definition) is 5. The normalized spacial score (nSPS) is 16.2. The molecule has 0 aromatic heterocycles. The third-order valence-corrected chi connectivity index (χ3v) is 2.83. The van der Waals surface area contributed by atoms with Gasteiger partial charge in [-0.2, -0.15) is 0 Å². The van der Waals surface area contributed by atoms with E-state index in [4.69, 9.17) is 30.5 Å². The zero-order valence-electron chi connectivity index (χ0n) is 11.5. The average molecular weight is 296 g/mol. The molecule has 0 radical (unpaired) electrons. The van der Waals surface area contributed by atoms with Gasteiger partial charge in [-0.05, 0) is 13.8 Å². The Kier molecular flexibility index (Phi) is 8.32. The van der Waals surface area contributed by atoms with Crippen molar-refractivity contribution in [3.05, 3.63) is 0 Å². The second-order valence-electron chi connectivity index (χ2n) is 3.94. The van der Waals surface area contributed by atoms with Crippen molar-refractivity contribution in [1.82, 2.24) is 4.90 Å². The molecule has 1 aliphatic heterocycles. The van der Waals surface area contributed by atoms with Crippen molar-refractivity contribution in [2.45, 2.75) is 26.4 Å². The van der Waals surface area contributed by atoms with Gasteiger partial charge in [0.1, 0.15) is 5.88 Å². The van der Waals surface area contributed by atoms with Crippen LogP contribution < -0.4 is 0 Å². The summed E-state index contributed by atoms with van der Waals surface area (Å²) in [6.07, 6.45) is -0.848. The number of hydrogen-bond donors (Lipinski definition) is 0. The molecule has 19 heavy (non-hydrogen) atoms. The minimum atomic E-state index is -0.455. The number of halogens is 1. The molecule has 0 aliphatic carbocycles. The topological polar surface area (TPSA) is 57.2 Å². The summed E-state index contributed by atoms with van der Waals surface area (Å²) in [6, 6.07) is 0. The van der Waals surface area contributed by atoms with E-state index >= 15 is 0 Å². The van der Waals surface area contributed by atoms with Crippen molar-refractivity contribution in [1.29, 1.82) is 0 Å². The Morgan fingerprint density at radius 2 is 1.89 bits per heavy atom. The molecule has 0 aromatic rings. The molecule has 1 rings (SSSR count). The molecule has 0 aromatic carbocycles. The second-order valence-corrected chi connectivity index (χ2v) is 4.21. The molecule has 0 atom stereocenters. The Labute approximate surface area is 118 Å². The molecule has 1 saturated heterocycles. The van der Waals surface area contributed by atoms with Crippen LogP contribution in [0.15, 0.2) is 0 Å². The van der Waals surface area contributed by atoms with Crippen LogP contribution in [-0.2, 0) is 23.7 Å². The largest absolute Gasteiger partial charge is 0.351 e. The van der Waals surface area contributed by atoms with Gasteiger partial charge < -0.3 is 23.8 Å². The maximum absolute atomic E-state index is 11.8. The first-order valence-corrected chi connectivity index (χ1v) is 7.04. The maximum atomic E-state index is 11.8. The first-order chi connectivity index (χ1) is 9.21. The van der Waals surface area contributed by atoms with Crippen LogP contribution in [0.1, 0.15) is 13.8 Å². The standard InChI is InChI=1S/C12H22ClNO5/c1-3-16-11(17-4-2)8-14(10(15)7-13)9-12-18-5-6-19-12/h11-12H,3-9H2,1-2H3. The highest BCUT2D eigenvalue weighted by atomic mass is 35.5. The lowest BCUT2D eigenvalue weighted by Crippen LogP contribution is -2.44. The lowest BCUT2D eigenvalue weighted by atomic mass is 10.4. The summed E-state index contributed by atoms with van der Waals surface area (Å²) in [5, 5.41) is 0. The van der Waals surface area contributed by atoms with Crippen LogP contribution in [0.5, 0.6) is 0 Å². The quantitative estimate of drug-likeness (QED) is 0.466. The molecular formula is C12H22ClNO5. The maximum Gasteiger partial charge on any atom is 0.237 e. The summed E-state index contributed by atoms with van der Waals surface area (Å²) in [5.41, 5.74) is 0. The van der Waals surface area contributed by atoms with Gasteiger partial charge in [-0.3, -0.25) is 4.79 Å². The number of nitrogens with zero attached hydrogens (tertiary/aromatic N) is 1. The van der Waals surface area contributed by atoms with Crippen LogP contribution in [0.2, 0.25) is 0 Å². The molecule has 112 valence electrons. The Balaban J connectivity index is 2.53. The average Bonchev–Trinajstić information content (AvgIpc) is 2.90. The van der Waals surface area contributed by atoms with E-state index in [1.807, 2.05) is 13.8 Å². The minimum Gasteiger partial charge on any atom is -0.351 e. The lowest BCUT2D eigenvalue weighted by Gasteiger charge is -2.28. The number of carbonyl (C=O) groups excluding carboxylic acids is 1.